The summed E-state index contributed by atoms with van der Waals surface area (Å²) >= 11 is 0. The zero-order valence-corrected chi connectivity index (χ0v) is 6.72. The molecular weight excluding hydrogens is 122 g/mol. The van der Waals surface area contributed by atoms with Gasteiger partial charge in [0.15, 0.2) is 0 Å². The van der Waals surface area contributed by atoms with Crippen molar-refractivity contribution < 1.29 is 0 Å². The predicted octanol–water partition coefficient (Wildman–Crippen LogP) is 1.56. The van der Waals surface area contributed by atoms with Gasteiger partial charge in [0.2, 0.25) is 0 Å². The zero-order chi connectivity index (χ0) is 7.14. The van der Waals surface area contributed by atoms with Gasteiger partial charge in [0.05, 0.1) is 0 Å². The number of rotatable bonds is 1. The Labute approximate surface area is 62.5 Å². The monoisotopic (exact) mass is 137 g/mol. The third kappa shape index (κ3) is 0.807. The van der Waals surface area contributed by atoms with Crippen LogP contribution < -0.4 is 5.32 Å². The Morgan fingerprint density at radius 1 is 1.60 bits per heavy atom. The van der Waals surface area contributed by atoms with Gasteiger partial charge in [-0.25, -0.2) is 0 Å². The molecule has 0 radical (unpaired) electrons. The van der Waals surface area contributed by atoms with Crippen molar-refractivity contribution in [1.29, 1.82) is 0 Å². The topological polar surface area (TPSA) is 12.0 Å². The molecule has 0 bridgehead atoms. The van der Waals surface area contributed by atoms with Crippen molar-refractivity contribution in [3.05, 3.63) is 11.6 Å². The van der Waals surface area contributed by atoms with E-state index in [-0.39, 0.29) is 0 Å². The van der Waals surface area contributed by atoms with Gasteiger partial charge in [0.1, 0.15) is 0 Å². The van der Waals surface area contributed by atoms with E-state index in [1.165, 1.54) is 12.8 Å². The molecular formula is C9H15N. The van der Waals surface area contributed by atoms with Crippen LogP contribution in [0.3, 0.4) is 0 Å². The predicted molar refractivity (Wildman–Crippen MR) is 42.8 cm³/mol. The quantitative estimate of drug-likeness (QED) is 0.541. The van der Waals surface area contributed by atoms with Gasteiger partial charge in [-0.15, -0.1) is 0 Å². The lowest BCUT2D eigenvalue weighted by Crippen LogP contribution is -2.29. The van der Waals surface area contributed by atoms with Crippen molar-refractivity contribution in [2.24, 2.45) is 11.8 Å². The van der Waals surface area contributed by atoms with Crippen molar-refractivity contribution in [3.63, 3.8) is 0 Å². The first-order chi connectivity index (χ1) is 4.83. The third-order valence-electron chi connectivity index (χ3n) is 3.01. The molecule has 1 heteroatoms. The molecule has 3 atom stereocenters. The number of fused-ring (bicyclic) bond motifs is 1. The highest BCUT2D eigenvalue weighted by atomic mass is 14.9. The maximum absolute atomic E-state index is 3.37. The molecule has 0 heterocycles. The first kappa shape index (κ1) is 6.41. The molecule has 0 amide bonds. The Morgan fingerprint density at radius 2 is 2.40 bits per heavy atom. The minimum absolute atomic E-state index is 0.786. The lowest BCUT2D eigenvalue weighted by Gasteiger charge is -2.18. The average Bonchev–Trinajstić information content (AvgIpc) is 2.68. The van der Waals surface area contributed by atoms with Crippen LogP contribution >= 0.6 is 0 Å². The molecule has 1 saturated carbocycles. The molecule has 1 unspecified atom stereocenters. The highest BCUT2D eigenvalue weighted by Gasteiger charge is 2.44. The van der Waals surface area contributed by atoms with E-state index in [4.69, 9.17) is 0 Å². The van der Waals surface area contributed by atoms with E-state index in [1.54, 1.807) is 5.57 Å². The van der Waals surface area contributed by atoms with Crippen LogP contribution in [0.1, 0.15) is 19.8 Å². The van der Waals surface area contributed by atoms with E-state index in [9.17, 15) is 0 Å². The maximum Gasteiger partial charge on any atom is 0.0133 e. The maximum atomic E-state index is 3.37. The summed E-state index contributed by atoms with van der Waals surface area (Å²) in [6.45, 7) is 2.27. The van der Waals surface area contributed by atoms with Gasteiger partial charge in [0.25, 0.3) is 0 Å². The van der Waals surface area contributed by atoms with E-state index in [2.05, 4.69) is 25.4 Å². The SMILES string of the molecule is CNC1CC=C(C)[C@H]2C[C@@H]12. The van der Waals surface area contributed by atoms with E-state index in [0.717, 1.165) is 17.9 Å². The van der Waals surface area contributed by atoms with E-state index in [0.29, 0.717) is 0 Å². The molecule has 2 aliphatic carbocycles. The second kappa shape index (κ2) is 2.09. The molecule has 2 aliphatic rings. The summed E-state index contributed by atoms with van der Waals surface area (Å²) in [6.07, 6.45) is 5.09. The summed E-state index contributed by atoms with van der Waals surface area (Å²) < 4.78 is 0. The second-order valence-electron chi connectivity index (χ2n) is 3.59. The van der Waals surface area contributed by atoms with Crippen LogP contribution in [0.15, 0.2) is 11.6 Å². The molecule has 0 aromatic carbocycles. The lowest BCUT2D eigenvalue weighted by atomic mass is 9.97. The molecule has 56 valence electrons. The molecule has 1 nitrogen and oxygen atoms in total. The summed E-state index contributed by atoms with van der Waals surface area (Å²) in [5.41, 5.74) is 1.64. The Kier molecular flexibility index (Phi) is 1.34. The fourth-order valence-corrected chi connectivity index (χ4v) is 2.15. The average molecular weight is 137 g/mol. The Morgan fingerprint density at radius 3 is 3.10 bits per heavy atom. The van der Waals surface area contributed by atoms with Crippen molar-refractivity contribution >= 4 is 0 Å². The fraction of sp³-hybridized carbons (Fsp3) is 0.778. The van der Waals surface area contributed by atoms with Crippen LogP contribution in [0.25, 0.3) is 0 Å². The molecule has 0 saturated heterocycles. The van der Waals surface area contributed by atoms with Gasteiger partial charge in [-0.3, -0.25) is 0 Å². The molecule has 1 N–H and O–H groups in total. The van der Waals surface area contributed by atoms with Crippen molar-refractivity contribution in [1.82, 2.24) is 5.32 Å². The van der Waals surface area contributed by atoms with Gasteiger partial charge in [-0.1, -0.05) is 11.6 Å². The standard InChI is InChI=1S/C9H15N/c1-6-3-4-9(10-2)8-5-7(6)8/h3,7-10H,4-5H2,1-2H3/t7-,8-,9?/m1/s1. The lowest BCUT2D eigenvalue weighted by molar-refractivity contribution is 0.474. The highest BCUT2D eigenvalue weighted by Crippen LogP contribution is 2.49. The van der Waals surface area contributed by atoms with Crippen LogP contribution in [-0.4, -0.2) is 13.1 Å². The van der Waals surface area contributed by atoms with E-state index < -0.39 is 0 Å². The molecule has 0 aromatic rings. The van der Waals surface area contributed by atoms with E-state index in [1.807, 2.05) is 0 Å². The highest BCUT2D eigenvalue weighted by molar-refractivity contribution is 5.20. The number of allylic oxidation sites excluding steroid dienone is 1. The van der Waals surface area contributed by atoms with Crippen LogP contribution in [0, 0.1) is 11.8 Å². The smallest absolute Gasteiger partial charge is 0.0133 e. The van der Waals surface area contributed by atoms with Gasteiger partial charge in [-0.2, -0.15) is 0 Å². The summed E-state index contributed by atoms with van der Waals surface area (Å²) in [4.78, 5) is 0. The molecule has 0 aliphatic heterocycles. The van der Waals surface area contributed by atoms with Crippen molar-refractivity contribution in [2.45, 2.75) is 25.8 Å². The minimum atomic E-state index is 0.786. The van der Waals surface area contributed by atoms with Gasteiger partial charge >= 0.3 is 0 Å². The Bertz CT molecular complexity index is 172. The van der Waals surface area contributed by atoms with Crippen LogP contribution in [-0.2, 0) is 0 Å². The third-order valence-corrected chi connectivity index (χ3v) is 3.01. The Hall–Kier alpha value is -0.300. The van der Waals surface area contributed by atoms with Crippen LogP contribution in [0.4, 0.5) is 0 Å². The largest absolute Gasteiger partial charge is 0.316 e. The summed E-state index contributed by atoms with van der Waals surface area (Å²) in [7, 11) is 2.08. The second-order valence-corrected chi connectivity index (χ2v) is 3.59. The summed E-state index contributed by atoms with van der Waals surface area (Å²) in [6, 6.07) is 0.786. The normalized spacial score (nSPS) is 44.2. The first-order valence-electron chi connectivity index (χ1n) is 4.17. The zero-order valence-electron chi connectivity index (χ0n) is 6.72. The Balaban J connectivity index is 2.09. The van der Waals surface area contributed by atoms with Crippen molar-refractivity contribution in [2.75, 3.05) is 7.05 Å². The molecule has 0 spiro atoms. The summed E-state index contributed by atoms with van der Waals surface area (Å²) in [5, 5.41) is 3.37. The van der Waals surface area contributed by atoms with Crippen LogP contribution in [0.5, 0.6) is 0 Å². The molecule has 0 aromatic heterocycles. The minimum Gasteiger partial charge on any atom is -0.316 e. The fourth-order valence-electron chi connectivity index (χ4n) is 2.15. The van der Waals surface area contributed by atoms with E-state index >= 15 is 0 Å². The van der Waals surface area contributed by atoms with Gasteiger partial charge < -0.3 is 5.32 Å². The number of nitrogens with one attached hydrogen (secondary N) is 1. The number of hydrogen-bond acceptors (Lipinski definition) is 1. The molecule has 10 heavy (non-hydrogen) atoms. The molecule has 1 fully saturated rings. The van der Waals surface area contributed by atoms with Crippen molar-refractivity contribution in [3.8, 4) is 0 Å². The van der Waals surface area contributed by atoms with Gasteiger partial charge in [-0.05, 0) is 38.6 Å². The van der Waals surface area contributed by atoms with Gasteiger partial charge in [0, 0.05) is 6.04 Å². The first-order valence-corrected chi connectivity index (χ1v) is 4.17. The molecule has 2 rings (SSSR count). The summed E-state index contributed by atoms with van der Waals surface area (Å²) in [5.74, 6) is 1.93. The number of hydrogen-bond donors (Lipinski definition) is 1. The van der Waals surface area contributed by atoms with Crippen LogP contribution in [0.2, 0.25) is 0 Å².